The number of nitrogens with zero attached hydrogens (tertiary/aromatic N) is 3. The molecule has 1 aromatic heterocycles. The van der Waals surface area contributed by atoms with E-state index in [2.05, 4.69) is 15.4 Å². The Hall–Kier alpha value is -0.940. The Kier molecular flexibility index (Phi) is 2.28. The molecule has 0 aliphatic carbocycles. The van der Waals surface area contributed by atoms with Crippen LogP contribution in [0.15, 0.2) is 0 Å². The van der Waals surface area contributed by atoms with Crippen LogP contribution in [0.4, 0.5) is 0 Å². The zero-order valence-electron chi connectivity index (χ0n) is 7.95. The monoisotopic (exact) mass is 182 g/mol. The van der Waals surface area contributed by atoms with E-state index in [9.17, 15) is 0 Å². The van der Waals surface area contributed by atoms with Crippen molar-refractivity contribution in [2.24, 2.45) is 7.05 Å². The topological polar surface area (TPSA) is 52.0 Å². The summed E-state index contributed by atoms with van der Waals surface area (Å²) in [6.07, 6.45) is 0.0555. The van der Waals surface area contributed by atoms with Crippen molar-refractivity contribution in [1.29, 1.82) is 0 Å². The molecule has 1 N–H and O–H groups in total. The van der Waals surface area contributed by atoms with Crippen molar-refractivity contribution in [2.75, 3.05) is 19.7 Å². The summed E-state index contributed by atoms with van der Waals surface area (Å²) in [5, 5.41) is 7.45. The average Bonchev–Trinajstić information content (AvgIpc) is 2.47. The average molecular weight is 182 g/mol. The van der Waals surface area contributed by atoms with Gasteiger partial charge in [-0.1, -0.05) is 0 Å². The fraction of sp³-hybridized carbons (Fsp3) is 0.750. The van der Waals surface area contributed by atoms with Crippen molar-refractivity contribution in [1.82, 2.24) is 20.1 Å². The molecule has 1 aliphatic rings. The van der Waals surface area contributed by atoms with E-state index >= 15 is 0 Å². The third-order valence-corrected chi connectivity index (χ3v) is 2.12. The lowest BCUT2D eigenvalue weighted by atomic mass is 10.3. The van der Waals surface area contributed by atoms with Crippen LogP contribution in [0, 0.1) is 6.92 Å². The van der Waals surface area contributed by atoms with Crippen molar-refractivity contribution in [3.8, 4) is 0 Å². The largest absolute Gasteiger partial charge is 0.368 e. The predicted molar refractivity (Wildman–Crippen MR) is 47.3 cm³/mol. The van der Waals surface area contributed by atoms with Gasteiger partial charge in [-0.25, -0.2) is 4.98 Å². The van der Waals surface area contributed by atoms with Crippen LogP contribution < -0.4 is 5.32 Å². The Morgan fingerprint density at radius 1 is 1.62 bits per heavy atom. The highest BCUT2D eigenvalue weighted by Gasteiger charge is 2.20. The summed E-state index contributed by atoms with van der Waals surface area (Å²) in [4.78, 5) is 4.32. The van der Waals surface area contributed by atoms with Gasteiger partial charge < -0.3 is 10.1 Å². The Morgan fingerprint density at radius 3 is 3.00 bits per heavy atom. The molecule has 5 heteroatoms. The van der Waals surface area contributed by atoms with E-state index in [1.807, 2.05) is 14.0 Å². The van der Waals surface area contributed by atoms with Gasteiger partial charge in [-0.2, -0.15) is 5.10 Å². The number of nitrogens with one attached hydrogen (secondary N) is 1. The zero-order chi connectivity index (χ0) is 9.26. The SMILES string of the molecule is Cc1nc(C2CNCCO2)n(C)n1. The van der Waals surface area contributed by atoms with E-state index in [4.69, 9.17) is 4.74 Å². The van der Waals surface area contributed by atoms with E-state index in [1.54, 1.807) is 4.68 Å². The number of aryl methyl sites for hydroxylation is 2. The van der Waals surface area contributed by atoms with E-state index < -0.39 is 0 Å². The smallest absolute Gasteiger partial charge is 0.157 e. The van der Waals surface area contributed by atoms with Crippen molar-refractivity contribution in [3.05, 3.63) is 11.6 Å². The highest BCUT2D eigenvalue weighted by Crippen LogP contribution is 2.15. The summed E-state index contributed by atoms with van der Waals surface area (Å²) >= 11 is 0. The van der Waals surface area contributed by atoms with Crippen molar-refractivity contribution in [3.63, 3.8) is 0 Å². The molecule has 0 bridgehead atoms. The Morgan fingerprint density at radius 2 is 2.46 bits per heavy atom. The van der Waals surface area contributed by atoms with Gasteiger partial charge in [0.15, 0.2) is 5.82 Å². The lowest BCUT2D eigenvalue weighted by Crippen LogP contribution is -2.34. The quantitative estimate of drug-likeness (QED) is 0.652. The van der Waals surface area contributed by atoms with E-state index in [0.29, 0.717) is 0 Å². The van der Waals surface area contributed by atoms with E-state index in [1.165, 1.54) is 0 Å². The lowest BCUT2D eigenvalue weighted by Gasteiger charge is -2.22. The minimum absolute atomic E-state index is 0.0555. The molecule has 0 spiro atoms. The Balaban J connectivity index is 2.18. The van der Waals surface area contributed by atoms with Gasteiger partial charge in [0, 0.05) is 20.1 Å². The molecule has 1 unspecified atom stereocenters. The zero-order valence-corrected chi connectivity index (χ0v) is 7.95. The third kappa shape index (κ3) is 1.71. The second-order valence-corrected chi connectivity index (χ2v) is 3.20. The molecular weight excluding hydrogens is 168 g/mol. The van der Waals surface area contributed by atoms with Crippen LogP contribution in [-0.4, -0.2) is 34.5 Å². The second-order valence-electron chi connectivity index (χ2n) is 3.20. The normalized spacial score (nSPS) is 23.4. The summed E-state index contributed by atoms with van der Waals surface area (Å²) in [5.74, 6) is 1.70. The van der Waals surface area contributed by atoms with Gasteiger partial charge in [-0.05, 0) is 6.92 Å². The maximum absolute atomic E-state index is 5.57. The molecule has 1 atom stereocenters. The number of aromatic nitrogens is 3. The van der Waals surface area contributed by atoms with Gasteiger partial charge in [-0.3, -0.25) is 4.68 Å². The van der Waals surface area contributed by atoms with E-state index in [0.717, 1.165) is 31.3 Å². The molecule has 0 saturated carbocycles. The molecule has 1 aromatic rings. The van der Waals surface area contributed by atoms with Crippen LogP contribution >= 0.6 is 0 Å². The Bertz CT molecular complexity index is 290. The molecule has 0 aromatic carbocycles. The number of rotatable bonds is 1. The summed E-state index contributed by atoms with van der Waals surface area (Å²) in [6.45, 7) is 4.38. The second kappa shape index (κ2) is 3.43. The first kappa shape index (κ1) is 8.65. The van der Waals surface area contributed by atoms with Crippen molar-refractivity contribution in [2.45, 2.75) is 13.0 Å². The van der Waals surface area contributed by atoms with Crippen LogP contribution in [-0.2, 0) is 11.8 Å². The molecule has 1 fully saturated rings. The van der Waals surface area contributed by atoms with Gasteiger partial charge in [0.05, 0.1) is 6.61 Å². The number of morpholine rings is 1. The highest BCUT2D eigenvalue weighted by molar-refractivity contribution is 4.97. The van der Waals surface area contributed by atoms with Crippen molar-refractivity contribution >= 4 is 0 Å². The van der Waals surface area contributed by atoms with Crippen LogP contribution in [0.5, 0.6) is 0 Å². The molecule has 2 heterocycles. The maximum atomic E-state index is 5.57. The Labute approximate surface area is 77.1 Å². The van der Waals surface area contributed by atoms with Gasteiger partial charge in [0.2, 0.25) is 0 Å². The first-order chi connectivity index (χ1) is 6.27. The molecule has 2 rings (SSSR count). The molecule has 0 radical (unpaired) electrons. The number of hydrogen-bond donors (Lipinski definition) is 1. The lowest BCUT2D eigenvalue weighted by molar-refractivity contribution is 0.0199. The molecule has 13 heavy (non-hydrogen) atoms. The standard InChI is InChI=1S/C8H14N4O/c1-6-10-8(12(2)11-6)7-5-9-3-4-13-7/h7,9H,3-5H2,1-2H3. The summed E-state index contributed by atoms with van der Waals surface area (Å²) < 4.78 is 7.36. The fourth-order valence-electron chi connectivity index (χ4n) is 1.54. The molecule has 72 valence electrons. The summed E-state index contributed by atoms with van der Waals surface area (Å²) in [5.41, 5.74) is 0. The van der Waals surface area contributed by atoms with Gasteiger partial charge in [0.25, 0.3) is 0 Å². The van der Waals surface area contributed by atoms with Gasteiger partial charge in [-0.15, -0.1) is 0 Å². The van der Waals surface area contributed by atoms with Crippen molar-refractivity contribution < 1.29 is 4.74 Å². The van der Waals surface area contributed by atoms with Crippen LogP contribution in [0.25, 0.3) is 0 Å². The number of ether oxygens (including phenoxy) is 1. The predicted octanol–water partition coefficient (Wildman–Crippen LogP) is -0.216. The van der Waals surface area contributed by atoms with Gasteiger partial charge in [0.1, 0.15) is 11.9 Å². The molecule has 5 nitrogen and oxygen atoms in total. The first-order valence-corrected chi connectivity index (χ1v) is 4.47. The van der Waals surface area contributed by atoms with E-state index in [-0.39, 0.29) is 6.10 Å². The molecule has 1 aliphatic heterocycles. The summed E-state index contributed by atoms with van der Waals surface area (Å²) in [6, 6.07) is 0. The minimum atomic E-state index is 0.0555. The highest BCUT2D eigenvalue weighted by atomic mass is 16.5. The summed E-state index contributed by atoms with van der Waals surface area (Å²) in [7, 11) is 1.90. The van der Waals surface area contributed by atoms with Crippen LogP contribution in [0.3, 0.4) is 0 Å². The maximum Gasteiger partial charge on any atom is 0.157 e. The molecule has 1 saturated heterocycles. The molecule has 0 amide bonds. The minimum Gasteiger partial charge on any atom is -0.368 e. The first-order valence-electron chi connectivity index (χ1n) is 4.47. The van der Waals surface area contributed by atoms with Crippen LogP contribution in [0.2, 0.25) is 0 Å². The fourth-order valence-corrected chi connectivity index (χ4v) is 1.54. The van der Waals surface area contributed by atoms with Crippen LogP contribution in [0.1, 0.15) is 17.8 Å². The third-order valence-electron chi connectivity index (χ3n) is 2.12. The number of hydrogen-bond acceptors (Lipinski definition) is 4. The molecular formula is C8H14N4O. The van der Waals surface area contributed by atoms with Gasteiger partial charge >= 0.3 is 0 Å².